The van der Waals surface area contributed by atoms with Gasteiger partial charge in [0.1, 0.15) is 22.1 Å². The van der Waals surface area contributed by atoms with E-state index in [4.69, 9.17) is 27.7 Å². The van der Waals surface area contributed by atoms with Crippen LogP contribution < -0.4 is 9.25 Å². The zero-order valence-electron chi connectivity index (χ0n) is 14.1. The summed E-state index contributed by atoms with van der Waals surface area (Å²) in [4.78, 5) is 9.91. The summed E-state index contributed by atoms with van der Waals surface area (Å²) in [7, 11) is -8.53. The van der Waals surface area contributed by atoms with Gasteiger partial charge in [0.25, 0.3) is 10.0 Å². The first-order valence-corrected chi connectivity index (χ1v) is 12.4. The first-order chi connectivity index (χ1) is 13.0. The molecule has 0 saturated carbocycles. The van der Waals surface area contributed by atoms with E-state index in [0.29, 0.717) is 25.7 Å². The highest BCUT2D eigenvalue weighted by Gasteiger charge is 2.27. The first kappa shape index (κ1) is 21.5. The third kappa shape index (κ3) is 4.86. The summed E-state index contributed by atoms with van der Waals surface area (Å²) in [6.45, 7) is 1.52. The first-order valence-electron chi connectivity index (χ1n) is 7.63. The number of rotatable bonds is 6. The molecule has 0 saturated heterocycles. The van der Waals surface area contributed by atoms with Crippen LogP contribution in [0.15, 0.2) is 40.6 Å². The van der Waals surface area contributed by atoms with Crippen molar-refractivity contribution in [1.29, 1.82) is 0 Å². The van der Waals surface area contributed by atoms with E-state index in [1.807, 2.05) is 4.72 Å². The maximum Gasteiger partial charge on any atom is 0.391 e. The summed E-state index contributed by atoms with van der Waals surface area (Å²) in [5, 5.41) is 1.18. The van der Waals surface area contributed by atoms with Gasteiger partial charge in [0.05, 0.1) is 9.72 Å². The van der Waals surface area contributed by atoms with E-state index in [-0.39, 0.29) is 9.96 Å². The lowest BCUT2D eigenvalue weighted by Gasteiger charge is -2.14. The molecule has 6 nitrogen and oxygen atoms in total. The fourth-order valence-corrected chi connectivity index (χ4v) is 6.78. The monoisotopic (exact) mass is 483 g/mol. The van der Waals surface area contributed by atoms with Gasteiger partial charge >= 0.3 is 7.60 Å². The molecule has 150 valence electrons. The molecule has 3 rings (SSSR count). The van der Waals surface area contributed by atoms with Crippen molar-refractivity contribution in [3.8, 4) is 5.75 Å². The number of fused-ring (bicyclic) bond motifs is 1. The molecule has 1 aromatic heterocycles. The maximum absolute atomic E-state index is 13.5. The Balaban J connectivity index is 1.77. The second kappa shape index (κ2) is 7.91. The Labute approximate surface area is 174 Å². The van der Waals surface area contributed by atoms with Crippen LogP contribution in [0.25, 0.3) is 10.1 Å². The van der Waals surface area contributed by atoms with Crippen molar-refractivity contribution in [3.63, 3.8) is 0 Å². The summed E-state index contributed by atoms with van der Waals surface area (Å²) in [6.07, 6.45) is -0.895. The Bertz CT molecular complexity index is 1220. The Hall–Kier alpha value is -1.19. The molecule has 1 atom stereocenters. The average molecular weight is 484 g/mol. The summed E-state index contributed by atoms with van der Waals surface area (Å²) in [5.74, 6) is -0.796. The number of benzene rings is 2. The Kier molecular flexibility index (Phi) is 6.08. The van der Waals surface area contributed by atoms with Gasteiger partial charge in [-0.2, -0.15) is 4.72 Å². The highest BCUT2D eigenvalue weighted by Crippen LogP contribution is 2.42. The van der Waals surface area contributed by atoms with Crippen LogP contribution in [0.2, 0.25) is 10.0 Å². The largest absolute Gasteiger partial charge is 0.424 e. The van der Waals surface area contributed by atoms with Crippen LogP contribution in [0.4, 0.5) is 4.39 Å². The highest BCUT2D eigenvalue weighted by atomic mass is 35.5. The van der Waals surface area contributed by atoms with E-state index in [9.17, 15) is 22.3 Å². The van der Waals surface area contributed by atoms with Crippen molar-refractivity contribution in [1.82, 2.24) is 4.72 Å². The van der Waals surface area contributed by atoms with Crippen LogP contribution in [-0.2, 0) is 14.6 Å². The normalized spacial score (nSPS) is 14.2. The lowest BCUT2D eigenvalue weighted by atomic mass is 10.2. The lowest BCUT2D eigenvalue weighted by molar-refractivity contribution is 0.377. The van der Waals surface area contributed by atoms with Crippen molar-refractivity contribution >= 4 is 62.2 Å². The van der Waals surface area contributed by atoms with Crippen LogP contribution in [0.3, 0.4) is 0 Å². The van der Waals surface area contributed by atoms with E-state index in [0.717, 1.165) is 17.4 Å². The van der Waals surface area contributed by atoms with Crippen molar-refractivity contribution in [2.45, 2.75) is 11.1 Å². The highest BCUT2D eigenvalue weighted by molar-refractivity contribution is 7.92. The molecule has 1 heterocycles. The molecule has 0 aliphatic carbocycles. The molecule has 0 radical (unpaired) electrons. The third-order valence-corrected chi connectivity index (χ3v) is 8.58. The predicted octanol–water partition coefficient (Wildman–Crippen LogP) is 5.16. The molecule has 0 aliphatic heterocycles. The molecule has 1 unspecified atom stereocenters. The minimum atomic E-state index is -4.42. The maximum atomic E-state index is 13.5. The van der Waals surface area contributed by atoms with Crippen molar-refractivity contribution in [2.75, 3.05) is 6.29 Å². The Morgan fingerprint density at radius 3 is 2.64 bits per heavy atom. The molecule has 0 fully saturated rings. The number of nitrogens with one attached hydrogen (secondary N) is 1. The van der Waals surface area contributed by atoms with E-state index in [2.05, 4.69) is 0 Å². The zero-order valence-corrected chi connectivity index (χ0v) is 18.2. The van der Waals surface area contributed by atoms with E-state index in [1.165, 1.54) is 31.2 Å². The average Bonchev–Trinajstić information content (AvgIpc) is 3.02. The number of aryl methyl sites for hydroxylation is 1. The molecular formula is C16H13Cl2FNO5PS2. The van der Waals surface area contributed by atoms with Crippen LogP contribution in [0.1, 0.15) is 5.56 Å². The van der Waals surface area contributed by atoms with Crippen molar-refractivity contribution in [2.24, 2.45) is 0 Å². The molecule has 0 amide bonds. The van der Waals surface area contributed by atoms with Gasteiger partial charge in [-0.15, -0.1) is 11.3 Å². The summed E-state index contributed by atoms with van der Waals surface area (Å²) < 4.78 is 58.0. The van der Waals surface area contributed by atoms with Gasteiger partial charge < -0.3 is 9.42 Å². The van der Waals surface area contributed by atoms with Gasteiger partial charge in [-0.1, -0.05) is 29.3 Å². The molecule has 2 aromatic carbocycles. The quantitative estimate of drug-likeness (QED) is 0.472. The van der Waals surface area contributed by atoms with Crippen LogP contribution in [-0.4, -0.2) is 19.6 Å². The van der Waals surface area contributed by atoms with Gasteiger partial charge in [-0.05, 0) is 42.1 Å². The SMILES string of the molecule is Cc1ccc(OP(=O)(O)CNS(=O)(=O)c2cc3cc(Cl)cc(Cl)c3s2)cc1F. The van der Waals surface area contributed by atoms with Gasteiger partial charge in [-0.3, -0.25) is 0 Å². The van der Waals surface area contributed by atoms with Gasteiger partial charge in [0, 0.05) is 11.1 Å². The Morgan fingerprint density at radius 1 is 1.25 bits per heavy atom. The number of thiophene rings is 1. The van der Waals surface area contributed by atoms with Crippen LogP contribution in [0, 0.1) is 12.7 Å². The molecular weight excluding hydrogens is 471 g/mol. The van der Waals surface area contributed by atoms with Crippen molar-refractivity contribution < 1.29 is 26.8 Å². The molecule has 12 heteroatoms. The molecule has 2 N–H and O–H groups in total. The number of halogens is 3. The van der Waals surface area contributed by atoms with Gasteiger partial charge in [0.15, 0.2) is 0 Å². The second-order valence-corrected chi connectivity index (χ2v) is 11.5. The number of sulfonamides is 1. The molecule has 0 spiro atoms. The summed E-state index contributed by atoms with van der Waals surface area (Å²) >= 11 is 12.9. The standard InChI is InChI=1S/C16H13Cl2FNO5PS2/c1-9-2-3-12(7-14(9)19)25-26(21,22)8-20-28(23,24)15-5-10-4-11(17)6-13(18)16(10)27-15/h2-7,20H,8H2,1H3,(H,21,22). The number of hydrogen-bond donors (Lipinski definition) is 2. The minimum absolute atomic E-state index is 0.104. The molecule has 28 heavy (non-hydrogen) atoms. The molecule has 3 aromatic rings. The fourth-order valence-electron chi connectivity index (χ4n) is 2.25. The molecule has 0 aliphatic rings. The second-order valence-electron chi connectivity index (χ2n) is 5.82. The smallest absolute Gasteiger partial charge is 0.391 e. The van der Waals surface area contributed by atoms with Gasteiger partial charge in [-0.25, -0.2) is 17.4 Å². The van der Waals surface area contributed by atoms with E-state index in [1.54, 1.807) is 6.07 Å². The zero-order chi connectivity index (χ0) is 20.7. The number of hydrogen-bond acceptors (Lipinski definition) is 5. The topological polar surface area (TPSA) is 92.7 Å². The lowest BCUT2D eigenvalue weighted by Crippen LogP contribution is -2.25. The Morgan fingerprint density at radius 2 is 1.96 bits per heavy atom. The molecule has 0 bridgehead atoms. The predicted molar refractivity (Wildman–Crippen MR) is 109 cm³/mol. The van der Waals surface area contributed by atoms with Crippen LogP contribution in [0.5, 0.6) is 5.75 Å². The van der Waals surface area contributed by atoms with Gasteiger partial charge in [0.2, 0.25) is 0 Å². The fraction of sp³-hybridized carbons (Fsp3) is 0.125. The van der Waals surface area contributed by atoms with E-state index < -0.39 is 29.7 Å². The van der Waals surface area contributed by atoms with Crippen LogP contribution >= 0.6 is 42.1 Å². The van der Waals surface area contributed by atoms with Crippen molar-refractivity contribution in [3.05, 3.63) is 57.8 Å². The minimum Gasteiger partial charge on any atom is -0.424 e. The summed E-state index contributed by atoms with van der Waals surface area (Å²) in [5.41, 5.74) is 0.337. The third-order valence-electron chi connectivity index (χ3n) is 3.62. The van der Waals surface area contributed by atoms with E-state index >= 15 is 0 Å². The summed E-state index contributed by atoms with van der Waals surface area (Å²) in [6, 6.07) is 8.05.